The topological polar surface area (TPSA) is 0 Å². The van der Waals surface area contributed by atoms with Crippen LogP contribution in [0.4, 0.5) is 0 Å². The highest BCUT2D eigenvalue weighted by Gasteiger charge is 1.82. The van der Waals surface area contributed by atoms with Crippen molar-refractivity contribution in [3.8, 4) is 0 Å². The zero-order valence-electron chi connectivity index (χ0n) is 8.73. The maximum atomic E-state index is 2.28. The Bertz CT molecular complexity index is 228. The van der Waals surface area contributed by atoms with E-state index in [0.717, 1.165) is 12.8 Å². The van der Waals surface area contributed by atoms with E-state index in [4.69, 9.17) is 0 Å². The van der Waals surface area contributed by atoms with Crippen LogP contribution < -0.4 is 0 Å². The van der Waals surface area contributed by atoms with Gasteiger partial charge in [0.1, 0.15) is 0 Å². The van der Waals surface area contributed by atoms with Gasteiger partial charge in [-0.1, -0.05) is 48.6 Å². The Hall–Kier alpha value is -1.04. The number of hydrogen-bond acceptors (Lipinski definition) is 0. The van der Waals surface area contributed by atoms with Crippen LogP contribution in [0.1, 0.15) is 32.1 Å². The molecule has 0 atom stereocenters. The SMILES string of the molecule is [CH]1/C=C/C=C\C/C=C\CCC/C=C/C1. The Morgan fingerprint density at radius 2 is 1.36 bits per heavy atom. The summed E-state index contributed by atoms with van der Waals surface area (Å²) < 4.78 is 0. The van der Waals surface area contributed by atoms with Crippen LogP contribution in [0.25, 0.3) is 0 Å². The van der Waals surface area contributed by atoms with Crippen LogP contribution in [-0.4, -0.2) is 0 Å². The van der Waals surface area contributed by atoms with Crippen molar-refractivity contribution in [2.75, 3.05) is 0 Å². The molecule has 0 heterocycles. The van der Waals surface area contributed by atoms with Crippen molar-refractivity contribution in [1.29, 1.82) is 0 Å². The van der Waals surface area contributed by atoms with E-state index in [2.05, 4.69) is 55.0 Å². The van der Waals surface area contributed by atoms with Gasteiger partial charge in [-0.25, -0.2) is 0 Å². The highest BCUT2D eigenvalue weighted by atomic mass is 13.9. The maximum Gasteiger partial charge on any atom is -0.0130 e. The summed E-state index contributed by atoms with van der Waals surface area (Å²) in [6.45, 7) is 0. The fraction of sp³-hybridized carbons (Fsp3) is 0.357. The molecule has 0 N–H and O–H groups in total. The molecule has 0 aromatic carbocycles. The zero-order chi connectivity index (χ0) is 9.90. The van der Waals surface area contributed by atoms with Crippen molar-refractivity contribution in [2.45, 2.75) is 32.1 Å². The fourth-order valence-electron chi connectivity index (χ4n) is 1.32. The fourth-order valence-corrected chi connectivity index (χ4v) is 1.32. The largest absolute Gasteiger partial charge is 0.0885 e. The molecule has 0 saturated heterocycles. The van der Waals surface area contributed by atoms with Gasteiger partial charge in [-0.15, -0.1) is 0 Å². The van der Waals surface area contributed by atoms with Crippen molar-refractivity contribution in [3.05, 3.63) is 55.0 Å². The summed E-state index contributed by atoms with van der Waals surface area (Å²) in [7, 11) is 0. The summed E-state index contributed by atoms with van der Waals surface area (Å²) in [6, 6.07) is 0. The van der Waals surface area contributed by atoms with Crippen molar-refractivity contribution in [3.63, 3.8) is 0 Å². The van der Waals surface area contributed by atoms with E-state index in [9.17, 15) is 0 Å². The molecule has 0 aromatic heterocycles. The summed E-state index contributed by atoms with van der Waals surface area (Å²) in [5.74, 6) is 0. The normalized spacial score (nSPS) is 28.6. The van der Waals surface area contributed by atoms with E-state index in [1.165, 1.54) is 19.3 Å². The van der Waals surface area contributed by atoms with E-state index in [-0.39, 0.29) is 0 Å². The maximum absolute atomic E-state index is 2.28. The first-order valence-electron chi connectivity index (χ1n) is 5.45. The first-order chi connectivity index (χ1) is 7.00. The summed E-state index contributed by atoms with van der Waals surface area (Å²) in [5.41, 5.74) is 0. The molecule has 0 aromatic rings. The second-order valence-electron chi connectivity index (χ2n) is 3.39. The predicted octanol–water partition coefficient (Wildman–Crippen LogP) is 4.38. The molecule has 0 spiro atoms. The minimum atomic E-state index is 1.06. The molecule has 0 amide bonds. The van der Waals surface area contributed by atoms with Gasteiger partial charge in [-0.2, -0.15) is 0 Å². The second kappa shape index (κ2) is 8.55. The van der Waals surface area contributed by atoms with Crippen LogP contribution in [0.5, 0.6) is 0 Å². The van der Waals surface area contributed by atoms with Crippen molar-refractivity contribution in [2.24, 2.45) is 0 Å². The molecule has 75 valence electrons. The molecule has 0 aliphatic heterocycles. The van der Waals surface area contributed by atoms with E-state index in [0.29, 0.717) is 0 Å². The van der Waals surface area contributed by atoms with Crippen molar-refractivity contribution in [1.82, 2.24) is 0 Å². The Kier molecular flexibility index (Phi) is 6.74. The van der Waals surface area contributed by atoms with Gasteiger partial charge in [0.2, 0.25) is 0 Å². The van der Waals surface area contributed by atoms with E-state index < -0.39 is 0 Å². The van der Waals surface area contributed by atoms with Crippen LogP contribution in [0.3, 0.4) is 0 Å². The van der Waals surface area contributed by atoms with Gasteiger partial charge in [-0.05, 0) is 38.5 Å². The summed E-state index contributed by atoms with van der Waals surface area (Å²) in [4.78, 5) is 0. The zero-order valence-corrected chi connectivity index (χ0v) is 8.73. The average molecular weight is 187 g/mol. The Morgan fingerprint density at radius 3 is 2.21 bits per heavy atom. The van der Waals surface area contributed by atoms with Crippen LogP contribution in [0, 0.1) is 6.42 Å². The van der Waals surface area contributed by atoms with Crippen LogP contribution in [0.15, 0.2) is 48.6 Å². The van der Waals surface area contributed by atoms with Crippen LogP contribution >= 0.6 is 0 Å². The Labute approximate surface area is 87.7 Å². The molecule has 14 heavy (non-hydrogen) atoms. The number of hydrogen-bond donors (Lipinski definition) is 0. The van der Waals surface area contributed by atoms with E-state index in [1.54, 1.807) is 0 Å². The smallest absolute Gasteiger partial charge is 0.0130 e. The van der Waals surface area contributed by atoms with Gasteiger partial charge < -0.3 is 0 Å². The Balaban J connectivity index is 2.35. The van der Waals surface area contributed by atoms with Gasteiger partial charge in [-0.3, -0.25) is 0 Å². The molecule has 1 radical (unpaired) electrons. The van der Waals surface area contributed by atoms with Crippen LogP contribution in [-0.2, 0) is 0 Å². The lowest BCUT2D eigenvalue weighted by Gasteiger charge is -1.91. The summed E-state index contributed by atoms with van der Waals surface area (Å²) in [5, 5.41) is 0. The third kappa shape index (κ3) is 6.47. The van der Waals surface area contributed by atoms with Gasteiger partial charge in [0, 0.05) is 0 Å². The first-order valence-corrected chi connectivity index (χ1v) is 5.45. The molecule has 0 heteroatoms. The second-order valence-corrected chi connectivity index (χ2v) is 3.39. The molecule has 0 bridgehead atoms. The third-order valence-electron chi connectivity index (χ3n) is 2.11. The van der Waals surface area contributed by atoms with Crippen molar-refractivity contribution < 1.29 is 0 Å². The lowest BCUT2D eigenvalue weighted by molar-refractivity contribution is 0.863. The van der Waals surface area contributed by atoms with Crippen molar-refractivity contribution >= 4 is 0 Å². The standard InChI is InChI=1S/C14H19/c1-2-4-6-8-10-12-14-13-11-9-7-5-3-1/h1-5,8-11H,6-7,12-14H2/b2-1+,5-3-,10-8+,11-9-. The highest BCUT2D eigenvalue weighted by molar-refractivity contribution is 5.10. The Morgan fingerprint density at radius 1 is 0.571 bits per heavy atom. The molecule has 0 saturated carbocycles. The first kappa shape index (κ1) is 11.0. The van der Waals surface area contributed by atoms with Crippen LogP contribution in [0.2, 0.25) is 0 Å². The molecule has 1 aliphatic rings. The molecular weight excluding hydrogens is 168 g/mol. The molecule has 0 nitrogen and oxygen atoms in total. The minimum Gasteiger partial charge on any atom is -0.0885 e. The molecule has 0 fully saturated rings. The monoisotopic (exact) mass is 187 g/mol. The highest BCUT2D eigenvalue weighted by Crippen LogP contribution is 2.01. The minimum absolute atomic E-state index is 1.06. The molecule has 1 rings (SSSR count). The number of rotatable bonds is 0. The van der Waals surface area contributed by atoms with Gasteiger partial charge in [0.15, 0.2) is 0 Å². The number of allylic oxidation sites excluding steroid dienone is 8. The quantitative estimate of drug-likeness (QED) is 0.494. The van der Waals surface area contributed by atoms with E-state index in [1.807, 2.05) is 0 Å². The van der Waals surface area contributed by atoms with E-state index >= 15 is 0 Å². The summed E-state index contributed by atoms with van der Waals surface area (Å²) in [6.07, 6.45) is 25.5. The lowest BCUT2D eigenvalue weighted by Crippen LogP contribution is -1.72. The van der Waals surface area contributed by atoms with Gasteiger partial charge in [0.25, 0.3) is 0 Å². The lowest BCUT2D eigenvalue weighted by atomic mass is 10.2. The third-order valence-corrected chi connectivity index (χ3v) is 2.11. The molecule has 1 aliphatic carbocycles. The summed E-state index contributed by atoms with van der Waals surface area (Å²) >= 11 is 0. The molecule has 0 unspecified atom stereocenters. The molecular formula is C14H19. The van der Waals surface area contributed by atoms with Gasteiger partial charge >= 0.3 is 0 Å². The average Bonchev–Trinajstić information content (AvgIpc) is 2.22. The predicted molar refractivity (Wildman–Crippen MR) is 63.9 cm³/mol. The van der Waals surface area contributed by atoms with Gasteiger partial charge in [0.05, 0.1) is 0 Å².